The Balaban J connectivity index is 2.18. The normalized spacial score (nSPS) is 12.7. The number of carbonyl (C=O) groups is 3. The molecule has 0 spiro atoms. The minimum Gasteiger partial charge on any atom is -0.384 e. The third-order valence-electron chi connectivity index (χ3n) is 3.94. The lowest BCUT2D eigenvalue weighted by atomic mass is 10.1. The van der Waals surface area contributed by atoms with E-state index in [-0.39, 0.29) is 39.1 Å². The van der Waals surface area contributed by atoms with Crippen LogP contribution in [0.5, 0.6) is 0 Å². The number of halogens is 1. The molecular formula is C17H15ClN4O4. The van der Waals surface area contributed by atoms with E-state index < -0.39 is 17.4 Å². The molecule has 2 heterocycles. The lowest BCUT2D eigenvalue weighted by molar-refractivity contribution is 0.0878. The summed E-state index contributed by atoms with van der Waals surface area (Å²) in [6.07, 6.45) is 0.770. The highest BCUT2D eigenvalue weighted by atomic mass is 35.5. The molecule has 0 aliphatic carbocycles. The van der Waals surface area contributed by atoms with Crippen molar-refractivity contribution in [3.05, 3.63) is 56.3 Å². The van der Waals surface area contributed by atoms with E-state index in [1.165, 1.54) is 18.2 Å². The van der Waals surface area contributed by atoms with Crippen molar-refractivity contribution in [2.24, 2.45) is 0 Å². The molecule has 1 aromatic heterocycles. The van der Waals surface area contributed by atoms with E-state index >= 15 is 0 Å². The van der Waals surface area contributed by atoms with Crippen LogP contribution in [-0.2, 0) is 0 Å². The molecule has 8 nitrogen and oxygen atoms in total. The Bertz CT molecular complexity index is 1010. The van der Waals surface area contributed by atoms with E-state index in [4.69, 9.17) is 17.3 Å². The Morgan fingerprint density at radius 3 is 2.65 bits per heavy atom. The maximum atomic E-state index is 12.5. The lowest BCUT2D eigenvalue weighted by Crippen LogP contribution is -2.26. The van der Waals surface area contributed by atoms with Crippen LogP contribution in [0.3, 0.4) is 0 Å². The minimum absolute atomic E-state index is 0.0817. The molecule has 1 aromatic carbocycles. The Morgan fingerprint density at radius 1 is 1.23 bits per heavy atom. The van der Waals surface area contributed by atoms with E-state index in [1.807, 2.05) is 6.92 Å². The molecule has 0 saturated carbocycles. The second-order valence-corrected chi connectivity index (χ2v) is 6.10. The van der Waals surface area contributed by atoms with Crippen LogP contribution < -0.4 is 21.9 Å². The first kappa shape index (κ1) is 17.7. The quantitative estimate of drug-likeness (QED) is 0.691. The highest BCUT2D eigenvalue weighted by molar-refractivity contribution is 6.32. The van der Waals surface area contributed by atoms with Gasteiger partial charge in [-0.25, -0.2) is 0 Å². The number of hydrogen-bond acceptors (Lipinski definition) is 5. The van der Waals surface area contributed by atoms with Gasteiger partial charge in [0, 0.05) is 18.2 Å². The standard InChI is InChI=1S/C17H15ClN4O4/c1-2-5-20-15(24)8-3-4-10(18)11(6-8)22-12(23)7-9-13(14(22)19)17(26)21-16(9)25/h3-4,6-7H,2,5,19H2,1H3,(H,20,24)(H,21,25,26). The summed E-state index contributed by atoms with van der Waals surface area (Å²) in [7, 11) is 0. The van der Waals surface area contributed by atoms with Crippen LogP contribution in [0, 0.1) is 0 Å². The molecule has 9 heteroatoms. The third-order valence-corrected chi connectivity index (χ3v) is 4.26. The van der Waals surface area contributed by atoms with Gasteiger partial charge < -0.3 is 11.1 Å². The summed E-state index contributed by atoms with van der Waals surface area (Å²) in [5, 5.41) is 4.97. The third kappa shape index (κ3) is 2.84. The topological polar surface area (TPSA) is 123 Å². The minimum atomic E-state index is -0.691. The van der Waals surface area contributed by atoms with Crippen molar-refractivity contribution >= 4 is 35.1 Å². The van der Waals surface area contributed by atoms with Gasteiger partial charge in [-0.15, -0.1) is 0 Å². The number of anilines is 1. The number of fused-ring (bicyclic) bond motifs is 1. The van der Waals surface area contributed by atoms with Crippen LogP contribution in [0.25, 0.3) is 5.69 Å². The number of benzene rings is 1. The van der Waals surface area contributed by atoms with Gasteiger partial charge in [-0.2, -0.15) is 0 Å². The molecule has 0 bridgehead atoms. The highest BCUT2D eigenvalue weighted by Gasteiger charge is 2.32. The Kier molecular flexibility index (Phi) is 4.52. The molecule has 0 radical (unpaired) electrons. The number of aromatic nitrogens is 1. The van der Waals surface area contributed by atoms with Gasteiger partial charge >= 0.3 is 0 Å². The molecule has 3 amide bonds. The number of nitrogens with zero attached hydrogens (tertiary/aromatic N) is 1. The van der Waals surface area contributed by atoms with E-state index in [2.05, 4.69) is 10.6 Å². The summed E-state index contributed by atoms with van der Waals surface area (Å²) in [5.41, 5.74) is 5.60. The van der Waals surface area contributed by atoms with Crippen LogP contribution in [0.2, 0.25) is 5.02 Å². The van der Waals surface area contributed by atoms with Crippen LogP contribution in [-0.4, -0.2) is 28.8 Å². The van der Waals surface area contributed by atoms with Gasteiger partial charge in [-0.05, 0) is 24.6 Å². The molecular weight excluding hydrogens is 360 g/mol. The van der Waals surface area contributed by atoms with Gasteiger partial charge in [0.1, 0.15) is 5.82 Å². The van der Waals surface area contributed by atoms with Gasteiger partial charge in [-0.1, -0.05) is 18.5 Å². The first-order valence-corrected chi connectivity index (χ1v) is 8.22. The summed E-state index contributed by atoms with van der Waals surface area (Å²) >= 11 is 6.19. The monoisotopic (exact) mass is 374 g/mol. The number of carbonyl (C=O) groups excluding carboxylic acids is 3. The number of imide groups is 1. The second kappa shape index (κ2) is 6.64. The summed E-state index contributed by atoms with van der Waals surface area (Å²) in [5.74, 6) is -1.92. The molecule has 0 fully saturated rings. The fourth-order valence-electron chi connectivity index (χ4n) is 2.69. The Hall–Kier alpha value is -3.13. The van der Waals surface area contributed by atoms with Gasteiger partial charge in [0.15, 0.2) is 0 Å². The van der Waals surface area contributed by atoms with Crippen molar-refractivity contribution < 1.29 is 14.4 Å². The number of amides is 3. The summed E-state index contributed by atoms with van der Waals surface area (Å²) in [6.45, 7) is 2.42. The first-order chi connectivity index (χ1) is 12.3. The van der Waals surface area contributed by atoms with Gasteiger partial charge in [0.25, 0.3) is 23.3 Å². The average Bonchev–Trinajstić information content (AvgIpc) is 2.88. The largest absolute Gasteiger partial charge is 0.384 e. The number of pyridine rings is 1. The van der Waals surface area contributed by atoms with Crippen LogP contribution in [0.15, 0.2) is 29.1 Å². The van der Waals surface area contributed by atoms with E-state index in [0.717, 1.165) is 17.1 Å². The zero-order valence-electron chi connectivity index (χ0n) is 13.8. The molecule has 26 heavy (non-hydrogen) atoms. The molecule has 2 aromatic rings. The Labute approximate surface area is 152 Å². The maximum Gasteiger partial charge on any atom is 0.262 e. The van der Waals surface area contributed by atoms with E-state index in [9.17, 15) is 19.2 Å². The summed E-state index contributed by atoms with van der Waals surface area (Å²) in [6, 6.07) is 5.40. The number of nitrogen functional groups attached to an aromatic ring is 1. The first-order valence-electron chi connectivity index (χ1n) is 7.84. The maximum absolute atomic E-state index is 12.5. The average molecular weight is 375 g/mol. The fraction of sp³-hybridized carbons (Fsp3) is 0.176. The molecule has 0 atom stereocenters. The molecule has 0 saturated heterocycles. The number of nitrogens with two attached hydrogens (primary N) is 1. The fourth-order valence-corrected chi connectivity index (χ4v) is 2.90. The van der Waals surface area contributed by atoms with Crippen LogP contribution >= 0.6 is 11.6 Å². The smallest absolute Gasteiger partial charge is 0.262 e. The molecule has 0 unspecified atom stereocenters. The van der Waals surface area contributed by atoms with Crippen molar-refractivity contribution in [1.82, 2.24) is 15.2 Å². The number of rotatable bonds is 4. The number of hydrogen-bond donors (Lipinski definition) is 3. The lowest BCUT2D eigenvalue weighted by Gasteiger charge is -2.14. The van der Waals surface area contributed by atoms with E-state index in [0.29, 0.717) is 6.54 Å². The zero-order valence-corrected chi connectivity index (χ0v) is 14.5. The molecule has 134 valence electrons. The zero-order chi connectivity index (χ0) is 19.0. The molecule has 1 aliphatic heterocycles. The second-order valence-electron chi connectivity index (χ2n) is 5.70. The van der Waals surface area contributed by atoms with E-state index in [1.54, 1.807) is 0 Å². The molecule has 4 N–H and O–H groups in total. The number of nitrogens with one attached hydrogen (secondary N) is 2. The van der Waals surface area contributed by atoms with Gasteiger partial charge in [0.05, 0.1) is 21.8 Å². The van der Waals surface area contributed by atoms with Crippen molar-refractivity contribution in [1.29, 1.82) is 0 Å². The highest BCUT2D eigenvalue weighted by Crippen LogP contribution is 2.27. The van der Waals surface area contributed by atoms with Gasteiger partial charge in [0.2, 0.25) is 0 Å². The SMILES string of the molecule is CCCNC(=O)c1ccc(Cl)c(-n2c(N)c3c(cc2=O)C(=O)NC3=O)c1. The summed E-state index contributed by atoms with van der Waals surface area (Å²) in [4.78, 5) is 48.3. The van der Waals surface area contributed by atoms with Crippen molar-refractivity contribution in [3.8, 4) is 5.69 Å². The molecule has 1 aliphatic rings. The van der Waals surface area contributed by atoms with Crippen LogP contribution in [0.4, 0.5) is 5.82 Å². The Morgan fingerprint density at radius 2 is 1.96 bits per heavy atom. The van der Waals surface area contributed by atoms with Crippen LogP contribution in [0.1, 0.15) is 44.4 Å². The van der Waals surface area contributed by atoms with Crippen molar-refractivity contribution in [2.45, 2.75) is 13.3 Å². The predicted molar refractivity (Wildman–Crippen MR) is 95.9 cm³/mol. The summed E-state index contributed by atoms with van der Waals surface area (Å²) < 4.78 is 1.01. The molecule has 3 rings (SSSR count). The van der Waals surface area contributed by atoms with Crippen molar-refractivity contribution in [3.63, 3.8) is 0 Å². The van der Waals surface area contributed by atoms with Gasteiger partial charge in [-0.3, -0.25) is 29.1 Å². The van der Waals surface area contributed by atoms with Crippen molar-refractivity contribution in [2.75, 3.05) is 12.3 Å². The predicted octanol–water partition coefficient (Wildman–Crippen LogP) is 1.10.